The van der Waals surface area contributed by atoms with Crippen molar-refractivity contribution in [3.63, 3.8) is 0 Å². The third-order valence-electron chi connectivity index (χ3n) is 4.08. The lowest BCUT2D eigenvalue weighted by molar-refractivity contribution is 0.187. The molecule has 0 saturated carbocycles. The molecule has 2 saturated heterocycles. The number of nitrogens with one attached hydrogen (secondary N) is 2. The van der Waals surface area contributed by atoms with E-state index in [1.807, 2.05) is 0 Å². The Morgan fingerprint density at radius 3 is 2.85 bits per heavy atom. The molecule has 0 aromatic carbocycles. The number of ether oxygens (including phenoxy) is 1. The highest BCUT2D eigenvalue weighted by Gasteiger charge is 2.31. The first-order valence-electron chi connectivity index (χ1n) is 7.06. The van der Waals surface area contributed by atoms with Crippen LogP contribution in [-0.2, 0) is 0 Å². The molecule has 3 rings (SSSR count). The summed E-state index contributed by atoms with van der Waals surface area (Å²) in [5.74, 6) is 6.17. The minimum absolute atomic E-state index is 0.258. The van der Waals surface area contributed by atoms with Crippen LogP contribution in [-0.4, -0.2) is 52.1 Å². The highest BCUT2D eigenvalue weighted by Crippen LogP contribution is 2.28. The molecule has 2 atom stereocenters. The molecular formula is C12H21N7O. The number of hydrogen-bond acceptors (Lipinski definition) is 8. The third-order valence-corrected chi connectivity index (χ3v) is 4.08. The second-order valence-corrected chi connectivity index (χ2v) is 5.31. The minimum Gasteiger partial charge on any atom is -0.467 e. The SMILES string of the molecule is COc1nc(NN)nc(NC2CCN3CCCC3C2)n1. The fraction of sp³-hybridized carbons (Fsp3) is 0.750. The van der Waals surface area contributed by atoms with Crippen LogP contribution >= 0.6 is 0 Å². The van der Waals surface area contributed by atoms with Crippen molar-refractivity contribution in [2.45, 2.75) is 37.8 Å². The van der Waals surface area contributed by atoms with Crippen molar-refractivity contribution in [2.75, 3.05) is 30.9 Å². The van der Waals surface area contributed by atoms with Crippen LogP contribution in [0, 0.1) is 0 Å². The molecule has 8 heteroatoms. The number of fused-ring (bicyclic) bond motifs is 1. The van der Waals surface area contributed by atoms with Crippen molar-refractivity contribution >= 4 is 11.9 Å². The van der Waals surface area contributed by atoms with E-state index >= 15 is 0 Å². The summed E-state index contributed by atoms with van der Waals surface area (Å²) in [6.45, 7) is 2.39. The fourth-order valence-electron chi connectivity index (χ4n) is 3.11. The molecule has 1 aromatic heterocycles. The number of anilines is 2. The van der Waals surface area contributed by atoms with Crippen molar-refractivity contribution in [3.05, 3.63) is 0 Å². The fourth-order valence-corrected chi connectivity index (χ4v) is 3.11. The molecule has 0 radical (unpaired) electrons. The first-order valence-corrected chi connectivity index (χ1v) is 7.06. The Kier molecular flexibility index (Phi) is 3.83. The van der Waals surface area contributed by atoms with E-state index in [1.165, 1.54) is 26.5 Å². The Morgan fingerprint density at radius 2 is 2.05 bits per heavy atom. The maximum atomic E-state index is 5.35. The van der Waals surface area contributed by atoms with Crippen LogP contribution in [0.5, 0.6) is 6.01 Å². The van der Waals surface area contributed by atoms with Crippen LogP contribution < -0.4 is 21.3 Å². The van der Waals surface area contributed by atoms with Gasteiger partial charge in [0.25, 0.3) is 0 Å². The quantitative estimate of drug-likeness (QED) is 0.531. The van der Waals surface area contributed by atoms with Gasteiger partial charge in [0.1, 0.15) is 0 Å². The monoisotopic (exact) mass is 279 g/mol. The predicted octanol–water partition coefficient (Wildman–Crippen LogP) is 0.204. The van der Waals surface area contributed by atoms with Crippen molar-refractivity contribution in [2.24, 2.45) is 5.84 Å². The lowest BCUT2D eigenvalue weighted by atomic mass is 9.98. The molecule has 0 aliphatic carbocycles. The molecular weight excluding hydrogens is 258 g/mol. The van der Waals surface area contributed by atoms with Gasteiger partial charge in [-0.1, -0.05) is 0 Å². The molecule has 1 aromatic rings. The van der Waals surface area contributed by atoms with E-state index in [-0.39, 0.29) is 6.01 Å². The average Bonchev–Trinajstić information content (AvgIpc) is 2.94. The van der Waals surface area contributed by atoms with Crippen LogP contribution in [0.1, 0.15) is 25.7 Å². The standard InChI is InChI=1S/C12H21N7O/c1-20-12-16-10(15-11(17-12)18-13)14-8-4-6-19-5-2-3-9(19)7-8/h8-9H,2-7,13H2,1H3,(H2,14,15,16,17,18). The summed E-state index contributed by atoms with van der Waals surface area (Å²) in [5.41, 5.74) is 2.43. The van der Waals surface area contributed by atoms with E-state index in [1.54, 1.807) is 0 Å². The molecule has 2 unspecified atom stereocenters. The van der Waals surface area contributed by atoms with E-state index < -0.39 is 0 Å². The molecule has 8 nitrogen and oxygen atoms in total. The number of methoxy groups -OCH3 is 1. The maximum absolute atomic E-state index is 5.35. The number of nitrogens with zero attached hydrogens (tertiary/aromatic N) is 4. The zero-order valence-corrected chi connectivity index (χ0v) is 11.7. The number of nitrogens with two attached hydrogens (primary N) is 1. The zero-order valence-electron chi connectivity index (χ0n) is 11.7. The van der Waals surface area contributed by atoms with E-state index in [9.17, 15) is 0 Å². The molecule has 0 amide bonds. The van der Waals surface area contributed by atoms with Gasteiger partial charge < -0.3 is 15.0 Å². The Balaban J connectivity index is 1.68. The molecule has 2 aliphatic rings. The van der Waals surface area contributed by atoms with Crippen LogP contribution in [0.15, 0.2) is 0 Å². The molecule has 2 fully saturated rings. The Labute approximate surface area is 118 Å². The molecule has 2 aliphatic heterocycles. The highest BCUT2D eigenvalue weighted by molar-refractivity contribution is 5.35. The summed E-state index contributed by atoms with van der Waals surface area (Å²) < 4.78 is 5.05. The smallest absolute Gasteiger partial charge is 0.322 e. The number of hydrogen-bond donors (Lipinski definition) is 3. The van der Waals surface area contributed by atoms with Gasteiger partial charge >= 0.3 is 6.01 Å². The van der Waals surface area contributed by atoms with Gasteiger partial charge in [0.05, 0.1) is 7.11 Å². The number of nitrogen functional groups attached to an aromatic ring is 1. The lowest BCUT2D eigenvalue weighted by Crippen LogP contribution is -2.43. The Morgan fingerprint density at radius 1 is 1.20 bits per heavy atom. The number of aromatic nitrogens is 3. The summed E-state index contributed by atoms with van der Waals surface area (Å²) in [7, 11) is 1.52. The number of rotatable bonds is 4. The van der Waals surface area contributed by atoms with E-state index in [2.05, 4.69) is 30.6 Å². The van der Waals surface area contributed by atoms with Gasteiger partial charge in [-0.3, -0.25) is 5.43 Å². The molecule has 3 heterocycles. The molecule has 4 N–H and O–H groups in total. The summed E-state index contributed by atoms with van der Waals surface area (Å²) in [6, 6.07) is 1.36. The maximum Gasteiger partial charge on any atom is 0.322 e. The second kappa shape index (κ2) is 5.76. The highest BCUT2D eigenvalue weighted by atomic mass is 16.5. The summed E-state index contributed by atoms with van der Waals surface area (Å²) in [4.78, 5) is 15.0. The van der Waals surface area contributed by atoms with Gasteiger partial charge in [-0.15, -0.1) is 0 Å². The minimum atomic E-state index is 0.258. The van der Waals surface area contributed by atoms with Gasteiger partial charge in [-0.05, 0) is 32.2 Å². The Bertz CT molecular complexity index is 447. The van der Waals surface area contributed by atoms with E-state index in [0.29, 0.717) is 24.0 Å². The van der Waals surface area contributed by atoms with E-state index in [0.717, 1.165) is 19.4 Å². The third kappa shape index (κ3) is 2.75. The van der Waals surface area contributed by atoms with Crippen LogP contribution in [0.25, 0.3) is 0 Å². The normalized spacial score (nSPS) is 26.1. The van der Waals surface area contributed by atoms with Gasteiger partial charge in [0.2, 0.25) is 11.9 Å². The van der Waals surface area contributed by atoms with Crippen molar-refractivity contribution < 1.29 is 4.74 Å². The molecule has 0 bridgehead atoms. The average molecular weight is 279 g/mol. The first-order chi connectivity index (χ1) is 9.78. The van der Waals surface area contributed by atoms with E-state index in [4.69, 9.17) is 10.6 Å². The number of hydrazine groups is 1. The lowest BCUT2D eigenvalue weighted by Gasteiger charge is -2.35. The zero-order chi connectivity index (χ0) is 13.9. The van der Waals surface area contributed by atoms with Crippen LogP contribution in [0.3, 0.4) is 0 Å². The van der Waals surface area contributed by atoms with Crippen molar-refractivity contribution in [1.29, 1.82) is 0 Å². The number of piperidine rings is 1. The van der Waals surface area contributed by atoms with Gasteiger partial charge in [-0.2, -0.15) is 15.0 Å². The molecule has 0 spiro atoms. The second-order valence-electron chi connectivity index (χ2n) is 5.31. The summed E-state index contributed by atoms with van der Waals surface area (Å²) in [5, 5.41) is 3.38. The van der Waals surface area contributed by atoms with Crippen molar-refractivity contribution in [3.8, 4) is 6.01 Å². The van der Waals surface area contributed by atoms with Gasteiger partial charge in [-0.25, -0.2) is 5.84 Å². The Hall–Kier alpha value is -1.67. The van der Waals surface area contributed by atoms with Crippen LogP contribution in [0.2, 0.25) is 0 Å². The van der Waals surface area contributed by atoms with Crippen molar-refractivity contribution in [1.82, 2.24) is 19.9 Å². The summed E-state index contributed by atoms with van der Waals surface area (Å²) in [6.07, 6.45) is 4.86. The topological polar surface area (TPSA) is 101 Å². The van der Waals surface area contributed by atoms with Crippen LogP contribution in [0.4, 0.5) is 11.9 Å². The summed E-state index contributed by atoms with van der Waals surface area (Å²) >= 11 is 0. The molecule has 110 valence electrons. The van der Waals surface area contributed by atoms with Gasteiger partial charge in [0.15, 0.2) is 0 Å². The largest absolute Gasteiger partial charge is 0.467 e. The first kappa shape index (κ1) is 13.3. The molecule has 20 heavy (non-hydrogen) atoms. The predicted molar refractivity (Wildman–Crippen MR) is 75.4 cm³/mol. The van der Waals surface area contributed by atoms with Gasteiger partial charge in [0, 0.05) is 18.6 Å².